The predicted molar refractivity (Wildman–Crippen MR) is 38.4 cm³/mol. The van der Waals surface area contributed by atoms with Crippen molar-refractivity contribution in [2.45, 2.75) is 25.9 Å². The lowest BCUT2D eigenvalue weighted by Crippen LogP contribution is -2.44. The van der Waals surface area contributed by atoms with Gasteiger partial charge in [-0.05, 0) is 13.8 Å². The summed E-state index contributed by atoms with van der Waals surface area (Å²) in [6.45, 7) is 3.91. The number of hydrogen-bond acceptors (Lipinski definition) is 4. The van der Waals surface area contributed by atoms with Crippen LogP contribution in [0.3, 0.4) is 0 Å². The molecule has 0 heterocycles. The minimum Gasteiger partial charge on any atom is -0.327 e. The molecule has 8 heavy (non-hydrogen) atoms. The standard InChI is InChI=1S/C4H13N3S/c1-3(5)4(2)6-7-8/h3-4,6-8H,5H2,1-2H3. The van der Waals surface area contributed by atoms with E-state index in [1.807, 2.05) is 13.8 Å². The van der Waals surface area contributed by atoms with Gasteiger partial charge in [-0.15, -0.1) is 0 Å². The van der Waals surface area contributed by atoms with Gasteiger partial charge < -0.3 is 5.73 Å². The molecule has 3 nitrogen and oxygen atoms in total. The largest absolute Gasteiger partial charge is 0.327 e. The summed E-state index contributed by atoms with van der Waals surface area (Å²) in [5.74, 6) is 0. The molecule has 0 fully saturated rings. The van der Waals surface area contributed by atoms with E-state index >= 15 is 0 Å². The van der Waals surface area contributed by atoms with Crippen molar-refractivity contribution >= 4 is 12.8 Å². The Morgan fingerprint density at radius 1 is 1.50 bits per heavy atom. The first-order valence-corrected chi connectivity index (χ1v) is 3.03. The maximum Gasteiger partial charge on any atom is 0.0342 e. The Bertz CT molecular complexity index is 57.2. The minimum atomic E-state index is 0.148. The zero-order valence-electron chi connectivity index (χ0n) is 5.18. The zero-order valence-corrected chi connectivity index (χ0v) is 6.07. The molecule has 2 atom stereocenters. The highest BCUT2D eigenvalue weighted by molar-refractivity contribution is 7.78. The van der Waals surface area contributed by atoms with Crippen LogP contribution >= 0.6 is 12.8 Å². The molecule has 0 aliphatic carbocycles. The van der Waals surface area contributed by atoms with Crippen molar-refractivity contribution in [2.24, 2.45) is 5.73 Å². The van der Waals surface area contributed by atoms with Crippen molar-refractivity contribution in [3.8, 4) is 0 Å². The molecule has 50 valence electrons. The van der Waals surface area contributed by atoms with E-state index in [0.29, 0.717) is 0 Å². The molecule has 0 saturated carbocycles. The van der Waals surface area contributed by atoms with Gasteiger partial charge in [-0.25, -0.2) is 10.3 Å². The second-order valence-electron chi connectivity index (χ2n) is 1.90. The zero-order chi connectivity index (χ0) is 6.57. The summed E-state index contributed by atoms with van der Waals surface area (Å²) in [5, 5.41) is 0. The predicted octanol–water partition coefficient (Wildman–Crippen LogP) is -0.339. The van der Waals surface area contributed by atoms with Crippen molar-refractivity contribution in [1.29, 1.82) is 0 Å². The van der Waals surface area contributed by atoms with Crippen molar-refractivity contribution in [1.82, 2.24) is 10.3 Å². The number of nitrogens with two attached hydrogens (primary N) is 1. The van der Waals surface area contributed by atoms with E-state index in [4.69, 9.17) is 5.73 Å². The summed E-state index contributed by atoms with van der Waals surface area (Å²) < 4.78 is 0. The molecular weight excluding hydrogens is 122 g/mol. The van der Waals surface area contributed by atoms with Gasteiger partial charge >= 0.3 is 0 Å². The molecule has 0 amide bonds. The van der Waals surface area contributed by atoms with E-state index in [2.05, 4.69) is 23.1 Å². The fourth-order valence-electron chi connectivity index (χ4n) is 0.233. The van der Waals surface area contributed by atoms with Crippen molar-refractivity contribution in [3.05, 3.63) is 0 Å². The Balaban J connectivity index is 3.17. The number of hydrazine groups is 1. The maximum absolute atomic E-state index is 5.49. The number of rotatable bonds is 3. The third kappa shape index (κ3) is 3.26. The van der Waals surface area contributed by atoms with Crippen LogP contribution in [0.5, 0.6) is 0 Å². The number of thiol groups is 1. The molecule has 0 saturated heterocycles. The normalized spacial score (nSPS) is 18.0. The summed E-state index contributed by atoms with van der Waals surface area (Å²) in [4.78, 5) is 2.51. The number of hydrogen-bond donors (Lipinski definition) is 4. The molecule has 4 heteroatoms. The van der Waals surface area contributed by atoms with Crippen LogP contribution < -0.4 is 16.0 Å². The first-order chi connectivity index (χ1) is 3.68. The van der Waals surface area contributed by atoms with Crippen LogP contribution in [0.15, 0.2) is 0 Å². The van der Waals surface area contributed by atoms with E-state index in [1.54, 1.807) is 0 Å². The van der Waals surface area contributed by atoms with E-state index in [0.717, 1.165) is 0 Å². The lowest BCUT2D eigenvalue weighted by Gasteiger charge is -2.14. The topological polar surface area (TPSA) is 50.1 Å². The summed E-state index contributed by atoms with van der Waals surface area (Å²) in [6, 6.07) is 0.405. The van der Waals surface area contributed by atoms with Crippen LogP contribution in [0.4, 0.5) is 0 Å². The lowest BCUT2D eigenvalue weighted by atomic mass is 10.2. The summed E-state index contributed by atoms with van der Waals surface area (Å²) in [6.07, 6.45) is 0. The lowest BCUT2D eigenvalue weighted by molar-refractivity contribution is 0.472. The summed E-state index contributed by atoms with van der Waals surface area (Å²) in [5.41, 5.74) is 8.32. The second kappa shape index (κ2) is 4.14. The molecule has 0 aromatic rings. The Kier molecular flexibility index (Phi) is 4.26. The Morgan fingerprint density at radius 3 is 2.12 bits per heavy atom. The molecular formula is C4H13N3S. The molecule has 0 aromatic heterocycles. The van der Waals surface area contributed by atoms with Gasteiger partial charge in [-0.2, -0.15) is 0 Å². The third-order valence-electron chi connectivity index (χ3n) is 1.08. The first-order valence-electron chi connectivity index (χ1n) is 2.58. The van der Waals surface area contributed by atoms with Crippen LogP contribution in [0.25, 0.3) is 0 Å². The SMILES string of the molecule is CC(N)C(C)NNS. The van der Waals surface area contributed by atoms with Gasteiger partial charge in [0.1, 0.15) is 0 Å². The van der Waals surface area contributed by atoms with Crippen molar-refractivity contribution < 1.29 is 0 Å². The summed E-state index contributed by atoms with van der Waals surface area (Å²) >= 11 is 3.74. The van der Waals surface area contributed by atoms with Gasteiger partial charge in [-0.3, -0.25) is 0 Å². The molecule has 0 radical (unpaired) electrons. The van der Waals surface area contributed by atoms with E-state index in [-0.39, 0.29) is 12.1 Å². The molecule has 0 aliphatic rings. The van der Waals surface area contributed by atoms with Gasteiger partial charge in [0.25, 0.3) is 0 Å². The molecule has 0 aliphatic heterocycles. The molecule has 0 bridgehead atoms. The molecule has 2 unspecified atom stereocenters. The third-order valence-corrected chi connectivity index (χ3v) is 1.21. The van der Waals surface area contributed by atoms with Crippen LogP contribution in [0, 0.1) is 0 Å². The Labute approximate surface area is 55.5 Å². The van der Waals surface area contributed by atoms with Gasteiger partial charge in [0.05, 0.1) is 0 Å². The average molecular weight is 135 g/mol. The molecule has 4 N–H and O–H groups in total. The number of nitrogens with one attached hydrogen (secondary N) is 2. The van der Waals surface area contributed by atoms with Crippen LogP contribution in [-0.2, 0) is 0 Å². The fraction of sp³-hybridized carbons (Fsp3) is 1.00. The van der Waals surface area contributed by atoms with Gasteiger partial charge in [0.2, 0.25) is 0 Å². The monoisotopic (exact) mass is 135 g/mol. The van der Waals surface area contributed by atoms with Gasteiger partial charge in [0, 0.05) is 12.1 Å². The molecule has 0 rings (SSSR count). The van der Waals surface area contributed by atoms with Crippen LogP contribution in [0.2, 0.25) is 0 Å². The van der Waals surface area contributed by atoms with E-state index in [1.165, 1.54) is 0 Å². The van der Waals surface area contributed by atoms with Gasteiger partial charge in [0.15, 0.2) is 0 Å². The second-order valence-corrected chi connectivity index (χ2v) is 2.13. The van der Waals surface area contributed by atoms with Crippen LogP contribution in [-0.4, -0.2) is 12.1 Å². The molecule has 0 spiro atoms. The van der Waals surface area contributed by atoms with Crippen molar-refractivity contribution in [2.75, 3.05) is 0 Å². The van der Waals surface area contributed by atoms with E-state index < -0.39 is 0 Å². The first kappa shape index (κ1) is 8.23. The highest BCUT2D eigenvalue weighted by Crippen LogP contribution is 1.83. The highest BCUT2D eigenvalue weighted by atomic mass is 32.1. The quantitative estimate of drug-likeness (QED) is 0.316. The minimum absolute atomic E-state index is 0.148. The highest BCUT2D eigenvalue weighted by Gasteiger charge is 2.02. The molecule has 0 aromatic carbocycles. The van der Waals surface area contributed by atoms with Crippen molar-refractivity contribution in [3.63, 3.8) is 0 Å². The summed E-state index contributed by atoms with van der Waals surface area (Å²) in [7, 11) is 0. The van der Waals surface area contributed by atoms with Crippen LogP contribution in [0.1, 0.15) is 13.8 Å². The average Bonchev–Trinajstić information content (AvgIpc) is 1.67. The Hall–Kier alpha value is 0.230. The van der Waals surface area contributed by atoms with E-state index in [9.17, 15) is 0 Å². The fourth-order valence-corrected chi connectivity index (χ4v) is 0.437. The maximum atomic E-state index is 5.49. The Morgan fingerprint density at radius 2 is 2.00 bits per heavy atom. The smallest absolute Gasteiger partial charge is 0.0342 e. The van der Waals surface area contributed by atoms with Gasteiger partial charge in [-0.1, -0.05) is 12.8 Å².